The number of fused-ring (bicyclic) bond motifs is 1. The quantitative estimate of drug-likeness (QED) is 0.721. The van der Waals surface area contributed by atoms with Gasteiger partial charge in [0.1, 0.15) is 17.9 Å². The Morgan fingerprint density at radius 1 is 1.25 bits per heavy atom. The number of nitrogen functional groups attached to an aromatic ring is 1. The molecule has 0 saturated heterocycles. The summed E-state index contributed by atoms with van der Waals surface area (Å²) < 4.78 is 41.3. The molecule has 2 aromatic heterocycles. The van der Waals surface area contributed by atoms with Gasteiger partial charge in [-0.3, -0.25) is 4.79 Å². The number of carbonyl (C=O) groups is 1. The van der Waals surface area contributed by atoms with E-state index in [1.807, 2.05) is 0 Å². The van der Waals surface area contributed by atoms with Gasteiger partial charge in [-0.15, -0.1) is 0 Å². The number of anilines is 1. The van der Waals surface area contributed by atoms with Crippen molar-refractivity contribution in [2.75, 3.05) is 12.3 Å². The molecule has 1 amide bonds. The molecule has 0 fully saturated rings. The lowest BCUT2D eigenvalue weighted by Crippen LogP contribution is -2.36. The number of amides is 1. The van der Waals surface area contributed by atoms with Crippen LogP contribution in [-0.4, -0.2) is 36.9 Å². The number of nitrogens with zero attached hydrogens (tertiary/aromatic N) is 5. The van der Waals surface area contributed by atoms with Gasteiger partial charge >= 0.3 is 6.18 Å². The highest BCUT2D eigenvalue weighted by molar-refractivity contribution is 5.85. The van der Waals surface area contributed by atoms with E-state index in [1.165, 1.54) is 40.3 Å². The molecule has 1 aromatic carbocycles. The van der Waals surface area contributed by atoms with Crippen LogP contribution in [0.15, 0.2) is 36.9 Å². The monoisotopic (exact) mass is 392 g/mol. The summed E-state index contributed by atoms with van der Waals surface area (Å²) in [6, 6.07) is 4.52. The first-order chi connectivity index (χ1) is 13.2. The lowest BCUT2D eigenvalue weighted by Gasteiger charge is -2.26. The molecule has 0 saturated carbocycles. The number of hydrogen-bond donors (Lipinski definition) is 1. The second kappa shape index (κ2) is 7.45. The van der Waals surface area contributed by atoms with Crippen molar-refractivity contribution in [3.63, 3.8) is 0 Å². The van der Waals surface area contributed by atoms with Gasteiger partial charge in [0.25, 0.3) is 0 Å². The maximum absolute atomic E-state index is 13.3. The molecule has 1 unspecified atom stereocenters. The topological polar surface area (TPSA) is 89.9 Å². The normalized spacial score (nSPS) is 12.9. The molecule has 7 nitrogen and oxygen atoms in total. The number of likely N-dealkylation sites (N-methyl/N-ethyl adjacent to an activating group) is 1. The van der Waals surface area contributed by atoms with Gasteiger partial charge in [0.15, 0.2) is 11.5 Å². The lowest BCUT2D eigenvalue weighted by atomic mass is 10.1. The van der Waals surface area contributed by atoms with Crippen molar-refractivity contribution >= 4 is 22.9 Å². The van der Waals surface area contributed by atoms with E-state index in [9.17, 15) is 18.0 Å². The van der Waals surface area contributed by atoms with E-state index in [0.29, 0.717) is 11.2 Å². The first-order valence-corrected chi connectivity index (χ1v) is 8.61. The zero-order valence-electron chi connectivity index (χ0n) is 15.3. The van der Waals surface area contributed by atoms with Crippen LogP contribution in [0.4, 0.5) is 19.0 Å². The number of aromatic nitrogens is 4. The summed E-state index contributed by atoms with van der Waals surface area (Å²) in [5.74, 6) is -0.161. The van der Waals surface area contributed by atoms with E-state index in [0.717, 1.165) is 6.07 Å². The number of carbonyl (C=O) groups excluding carboxylic acids is 1. The molecule has 0 radical (unpaired) electrons. The van der Waals surface area contributed by atoms with Gasteiger partial charge in [-0.05, 0) is 25.5 Å². The van der Waals surface area contributed by atoms with Gasteiger partial charge in [-0.2, -0.15) is 13.2 Å². The van der Waals surface area contributed by atoms with Crippen LogP contribution < -0.4 is 5.73 Å². The number of imidazole rings is 1. The molecule has 0 bridgehead atoms. The van der Waals surface area contributed by atoms with Crippen LogP contribution in [0, 0.1) is 0 Å². The molecule has 3 aromatic rings. The Morgan fingerprint density at radius 2 is 1.96 bits per heavy atom. The summed E-state index contributed by atoms with van der Waals surface area (Å²) in [7, 11) is 0. The largest absolute Gasteiger partial charge is 0.416 e. The Morgan fingerprint density at radius 3 is 2.64 bits per heavy atom. The van der Waals surface area contributed by atoms with Crippen molar-refractivity contribution in [2.24, 2.45) is 0 Å². The van der Waals surface area contributed by atoms with Crippen molar-refractivity contribution in [1.82, 2.24) is 24.4 Å². The predicted octanol–water partition coefficient (Wildman–Crippen LogP) is 3.04. The third-order valence-electron chi connectivity index (χ3n) is 4.54. The Kier molecular flexibility index (Phi) is 5.21. The number of alkyl halides is 3. The maximum atomic E-state index is 13.3. The smallest absolute Gasteiger partial charge is 0.382 e. The Balaban J connectivity index is 1.89. The number of benzene rings is 1. The van der Waals surface area contributed by atoms with Gasteiger partial charge in [0, 0.05) is 13.1 Å². The van der Waals surface area contributed by atoms with Crippen molar-refractivity contribution in [3.8, 4) is 0 Å². The zero-order chi connectivity index (χ0) is 20.5. The van der Waals surface area contributed by atoms with E-state index < -0.39 is 17.8 Å². The fourth-order valence-electron chi connectivity index (χ4n) is 3.02. The van der Waals surface area contributed by atoms with Crippen molar-refractivity contribution in [3.05, 3.63) is 48.0 Å². The maximum Gasteiger partial charge on any atom is 0.416 e. The average Bonchev–Trinajstić information content (AvgIpc) is 3.10. The molecule has 0 aliphatic heterocycles. The first kappa shape index (κ1) is 19.6. The minimum absolute atomic E-state index is 0.0412. The molecule has 2 heterocycles. The summed E-state index contributed by atoms with van der Waals surface area (Å²) in [6.45, 7) is 3.45. The van der Waals surface area contributed by atoms with Crippen molar-refractivity contribution in [2.45, 2.75) is 32.6 Å². The second-order valence-electron chi connectivity index (χ2n) is 6.27. The molecule has 0 spiro atoms. The highest BCUT2D eigenvalue weighted by Gasteiger charge is 2.34. The van der Waals surface area contributed by atoms with Gasteiger partial charge in [0.2, 0.25) is 5.91 Å². The Hall–Kier alpha value is -3.17. The highest BCUT2D eigenvalue weighted by Crippen LogP contribution is 2.32. The predicted molar refractivity (Wildman–Crippen MR) is 97.0 cm³/mol. The summed E-state index contributed by atoms with van der Waals surface area (Å²) in [4.78, 5) is 26.4. The van der Waals surface area contributed by atoms with Crippen molar-refractivity contribution in [1.29, 1.82) is 0 Å². The first-order valence-electron chi connectivity index (χ1n) is 8.61. The van der Waals surface area contributed by atoms with Gasteiger partial charge in [0.05, 0.1) is 11.9 Å². The molecule has 1 atom stereocenters. The van der Waals surface area contributed by atoms with Gasteiger partial charge in [-0.25, -0.2) is 15.0 Å². The Labute approximate surface area is 159 Å². The van der Waals surface area contributed by atoms with Crippen LogP contribution in [0.3, 0.4) is 0 Å². The SMILES string of the molecule is CCN(Cc1ccccc1C(F)(F)F)C(=O)C(C)n1cnc2c(N)ncnc21. The van der Waals surface area contributed by atoms with E-state index in [1.54, 1.807) is 13.8 Å². The lowest BCUT2D eigenvalue weighted by molar-refractivity contribution is -0.140. The van der Waals surface area contributed by atoms with E-state index in [-0.39, 0.29) is 30.4 Å². The molecule has 148 valence electrons. The molecule has 28 heavy (non-hydrogen) atoms. The molecule has 0 aliphatic carbocycles. The second-order valence-corrected chi connectivity index (χ2v) is 6.27. The molecule has 3 rings (SSSR count). The van der Waals surface area contributed by atoms with Crippen LogP contribution >= 0.6 is 0 Å². The van der Waals surface area contributed by atoms with Crippen LogP contribution in [0.2, 0.25) is 0 Å². The fourth-order valence-corrected chi connectivity index (χ4v) is 3.02. The van der Waals surface area contributed by atoms with Crippen LogP contribution in [-0.2, 0) is 17.5 Å². The van der Waals surface area contributed by atoms with E-state index >= 15 is 0 Å². The summed E-state index contributed by atoms with van der Waals surface area (Å²) in [5.41, 5.74) is 5.81. The average molecular weight is 392 g/mol. The van der Waals surface area contributed by atoms with Gasteiger partial charge in [-0.1, -0.05) is 18.2 Å². The molecular weight excluding hydrogens is 373 g/mol. The molecular formula is C18H19F3N6O. The number of rotatable bonds is 5. The molecule has 10 heteroatoms. The van der Waals surface area contributed by atoms with Crippen LogP contribution in [0.25, 0.3) is 11.2 Å². The molecule has 2 N–H and O–H groups in total. The number of halogens is 3. The summed E-state index contributed by atoms with van der Waals surface area (Å²) in [5, 5.41) is 0. The standard InChI is InChI=1S/C18H19F3N6O/c1-3-26(8-12-6-4-5-7-13(12)18(19,20)21)17(28)11(2)27-10-25-14-15(22)23-9-24-16(14)27/h4-7,9-11H,3,8H2,1-2H3,(H2,22,23,24). The summed E-state index contributed by atoms with van der Waals surface area (Å²) >= 11 is 0. The van der Waals surface area contributed by atoms with Crippen molar-refractivity contribution < 1.29 is 18.0 Å². The fraction of sp³-hybridized carbons (Fsp3) is 0.333. The number of nitrogens with two attached hydrogens (primary N) is 1. The Bertz CT molecular complexity index is 1000. The minimum atomic E-state index is -4.49. The van der Waals surface area contributed by atoms with Crippen LogP contribution in [0.5, 0.6) is 0 Å². The van der Waals surface area contributed by atoms with Crippen LogP contribution in [0.1, 0.15) is 31.0 Å². The highest BCUT2D eigenvalue weighted by atomic mass is 19.4. The zero-order valence-corrected chi connectivity index (χ0v) is 15.3. The van der Waals surface area contributed by atoms with E-state index in [4.69, 9.17) is 5.73 Å². The minimum Gasteiger partial charge on any atom is -0.382 e. The third kappa shape index (κ3) is 3.62. The van der Waals surface area contributed by atoms with Gasteiger partial charge < -0.3 is 15.2 Å². The summed E-state index contributed by atoms with van der Waals surface area (Å²) in [6.07, 6.45) is -1.79. The third-order valence-corrected chi connectivity index (χ3v) is 4.54. The molecule has 0 aliphatic rings. The number of hydrogen-bond acceptors (Lipinski definition) is 5. The van der Waals surface area contributed by atoms with E-state index in [2.05, 4.69) is 15.0 Å².